The van der Waals surface area contributed by atoms with Crippen molar-refractivity contribution in [3.8, 4) is 12.3 Å². The molecule has 6 rings (SSSR count). The molecule has 0 amide bonds. The summed E-state index contributed by atoms with van der Waals surface area (Å²) in [6.07, 6.45) is 9.51. The van der Waals surface area contributed by atoms with Gasteiger partial charge in [-0.15, -0.1) is 6.42 Å². The van der Waals surface area contributed by atoms with E-state index in [2.05, 4.69) is 19.8 Å². The van der Waals surface area contributed by atoms with E-state index in [0.29, 0.717) is 31.3 Å². The Morgan fingerprint density at radius 2 is 1.77 bits per heavy atom. The van der Waals surface area contributed by atoms with Gasteiger partial charge in [-0.2, -0.15) is 0 Å². The third-order valence-electron chi connectivity index (χ3n) is 12.4. The van der Waals surface area contributed by atoms with E-state index in [4.69, 9.17) is 20.6 Å². The predicted molar refractivity (Wildman–Crippen MR) is 141 cm³/mol. The number of cyclic esters (lactones) is 1. The molecule has 0 unspecified atom stereocenters. The number of ether oxygens (including phenoxy) is 3. The quantitative estimate of drug-likeness (QED) is 0.243. The Morgan fingerprint density at radius 3 is 2.46 bits per heavy atom. The lowest BCUT2D eigenvalue weighted by atomic mass is 9.42. The van der Waals surface area contributed by atoms with Gasteiger partial charge in [-0.05, 0) is 99.4 Å². The number of carbonyl (C=O) groups excluding carboxylic acids is 1. The highest BCUT2D eigenvalue weighted by molar-refractivity contribution is 5.85. The molecule has 216 valence electrons. The average Bonchev–Trinajstić information content (AvgIpc) is 3.46. The largest absolute Gasteiger partial charge is 0.458 e. The number of esters is 1. The summed E-state index contributed by atoms with van der Waals surface area (Å²) >= 11 is 0. The van der Waals surface area contributed by atoms with Crippen LogP contribution in [-0.2, 0) is 19.0 Å². The topological polar surface area (TPSA) is 126 Å². The average molecular weight is 545 g/mol. The molecule has 4 saturated carbocycles. The molecule has 8 heteroatoms. The number of terminal acetylenes is 1. The predicted octanol–water partition coefficient (Wildman–Crippen LogP) is 2.46. The van der Waals surface area contributed by atoms with Gasteiger partial charge in [-0.1, -0.05) is 19.8 Å². The Hall–Kier alpha value is -1.47. The van der Waals surface area contributed by atoms with Gasteiger partial charge >= 0.3 is 5.97 Å². The van der Waals surface area contributed by atoms with Crippen molar-refractivity contribution in [1.29, 1.82) is 0 Å². The Morgan fingerprint density at radius 1 is 1.00 bits per heavy atom. The van der Waals surface area contributed by atoms with Crippen LogP contribution in [0, 0.1) is 46.8 Å². The van der Waals surface area contributed by atoms with E-state index in [9.17, 15) is 25.2 Å². The fourth-order valence-electron chi connectivity index (χ4n) is 9.99. The molecule has 2 heterocycles. The molecule has 0 bridgehead atoms. The number of carbonyl (C=O) groups is 1. The van der Waals surface area contributed by atoms with Crippen molar-refractivity contribution in [2.45, 2.75) is 120 Å². The van der Waals surface area contributed by atoms with Gasteiger partial charge in [-0.25, -0.2) is 4.79 Å². The molecule has 4 aliphatic carbocycles. The molecule has 2 aliphatic heterocycles. The summed E-state index contributed by atoms with van der Waals surface area (Å²) in [6.45, 7) is 6.60. The molecule has 0 spiro atoms. The van der Waals surface area contributed by atoms with Crippen molar-refractivity contribution < 1.29 is 39.4 Å². The number of hydrogen-bond donors (Lipinski definition) is 4. The molecular formula is C31H44O8. The first kappa shape index (κ1) is 27.7. The molecule has 8 nitrogen and oxygen atoms in total. The maximum absolute atomic E-state index is 12.4. The van der Waals surface area contributed by atoms with E-state index in [1.165, 1.54) is 0 Å². The normalized spacial score (nSPS) is 55.1. The van der Waals surface area contributed by atoms with Crippen LogP contribution < -0.4 is 0 Å². The van der Waals surface area contributed by atoms with Crippen LogP contribution in [0.3, 0.4) is 0 Å². The minimum absolute atomic E-state index is 0.00249. The zero-order valence-electron chi connectivity index (χ0n) is 23.3. The van der Waals surface area contributed by atoms with E-state index in [1.807, 2.05) is 0 Å². The zero-order valence-corrected chi connectivity index (χ0v) is 23.3. The smallest absolute Gasteiger partial charge is 0.331 e. The molecule has 6 aliphatic rings. The first-order valence-electron chi connectivity index (χ1n) is 14.8. The van der Waals surface area contributed by atoms with Gasteiger partial charge < -0.3 is 34.6 Å². The van der Waals surface area contributed by atoms with E-state index < -0.39 is 41.9 Å². The van der Waals surface area contributed by atoms with Crippen molar-refractivity contribution in [3.63, 3.8) is 0 Å². The molecule has 1 saturated heterocycles. The van der Waals surface area contributed by atoms with Crippen LogP contribution in [0.25, 0.3) is 0 Å². The van der Waals surface area contributed by atoms with E-state index in [1.54, 1.807) is 13.0 Å². The second kappa shape index (κ2) is 9.27. The second-order valence-electron chi connectivity index (χ2n) is 13.9. The van der Waals surface area contributed by atoms with Crippen molar-refractivity contribution in [2.24, 2.45) is 34.5 Å². The lowest BCUT2D eigenvalue weighted by Gasteiger charge is -2.64. The lowest BCUT2D eigenvalue weighted by molar-refractivity contribution is -0.321. The standard InChI is InChI=1S/C31H44O8/c1-5-30(39-27-26(35)25(34)24(33)17(2)38-27)13-12-28(3)19(15-30)6-7-22-21(28)8-10-29(4)20(9-11-31(22,29)36)18-14-23(32)37-16-18/h1,14,17,19-22,24-27,33-36H,6-13,15-16H2,2-4H3/t17-,19+,20+,21-,22+,24-,25+,26+,27-,28-,29+,30-,31-/m0/s1. The van der Waals surface area contributed by atoms with Gasteiger partial charge in [-0.3, -0.25) is 0 Å². The SMILES string of the molecule is C#C[C@]1(O[C@@H]2O[C@@H](C)[C@H](O)[C@@H](O)[C@H]2O)CC[C@@]2(C)[C@H](CC[C@@H]3[C@@H]2CC[C@]2(C)[C@@H](C4=CC(=O)OC4)CC[C@]32O)C1. The fourth-order valence-corrected chi connectivity index (χ4v) is 9.99. The molecule has 0 aromatic rings. The van der Waals surface area contributed by atoms with Gasteiger partial charge in [0.15, 0.2) is 6.29 Å². The van der Waals surface area contributed by atoms with Gasteiger partial charge in [0.25, 0.3) is 0 Å². The van der Waals surface area contributed by atoms with Gasteiger partial charge in [0.05, 0.1) is 11.7 Å². The summed E-state index contributed by atoms with van der Waals surface area (Å²) in [5.74, 6) is 3.66. The Bertz CT molecular complexity index is 1080. The summed E-state index contributed by atoms with van der Waals surface area (Å²) in [7, 11) is 0. The summed E-state index contributed by atoms with van der Waals surface area (Å²) in [6, 6.07) is 0. The number of aliphatic hydroxyl groups is 4. The van der Waals surface area contributed by atoms with Gasteiger partial charge in [0.2, 0.25) is 0 Å². The molecular weight excluding hydrogens is 500 g/mol. The van der Waals surface area contributed by atoms with Crippen LogP contribution >= 0.6 is 0 Å². The Balaban J connectivity index is 1.21. The van der Waals surface area contributed by atoms with Crippen LogP contribution in [0.4, 0.5) is 0 Å². The number of aliphatic hydroxyl groups excluding tert-OH is 3. The molecule has 13 atom stereocenters. The van der Waals surface area contributed by atoms with E-state index >= 15 is 0 Å². The van der Waals surface area contributed by atoms with Gasteiger partial charge in [0, 0.05) is 11.5 Å². The highest BCUT2D eigenvalue weighted by Crippen LogP contribution is 2.70. The van der Waals surface area contributed by atoms with Crippen LogP contribution in [0.2, 0.25) is 0 Å². The fraction of sp³-hybridized carbons (Fsp3) is 0.839. The van der Waals surface area contributed by atoms with Crippen LogP contribution in [0.5, 0.6) is 0 Å². The molecule has 5 fully saturated rings. The highest BCUT2D eigenvalue weighted by atomic mass is 16.7. The van der Waals surface area contributed by atoms with E-state index in [0.717, 1.165) is 50.5 Å². The monoisotopic (exact) mass is 544 g/mol. The number of rotatable bonds is 3. The second-order valence-corrected chi connectivity index (χ2v) is 13.9. The Kier molecular flexibility index (Phi) is 6.58. The van der Waals surface area contributed by atoms with Gasteiger partial charge in [0.1, 0.15) is 30.5 Å². The molecule has 0 aromatic heterocycles. The first-order chi connectivity index (χ1) is 18.4. The van der Waals surface area contributed by atoms with Crippen molar-refractivity contribution in [1.82, 2.24) is 0 Å². The summed E-state index contributed by atoms with van der Waals surface area (Å²) in [5, 5.41) is 43.4. The van der Waals surface area contributed by atoms with Crippen LogP contribution in [-0.4, -0.2) is 74.9 Å². The lowest BCUT2D eigenvalue weighted by Crippen LogP contribution is -2.64. The number of hydrogen-bond acceptors (Lipinski definition) is 8. The number of fused-ring (bicyclic) bond motifs is 5. The van der Waals surface area contributed by atoms with Crippen molar-refractivity contribution in [2.75, 3.05) is 6.61 Å². The maximum Gasteiger partial charge on any atom is 0.331 e. The zero-order chi connectivity index (χ0) is 28.0. The minimum atomic E-state index is -1.39. The minimum Gasteiger partial charge on any atom is -0.458 e. The molecule has 4 N–H and O–H groups in total. The first-order valence-corrected chi connectivity index (χ1v) is 14.8. The Labute approximate surface area is 231 Å². The molecule has 39 heavy (non-hydrogen) atoms. The van der Waals surface area contributed by atoms with Crippen LogP contribution in [0.15, 0.2) is 11.6 Å². The summed E-state index contributed by atoms with van der Waals surface area (Å²) in [4.78, 5) is 11.8. The van der Waals surface area contributed by atoms with Crippen molar-refractivity contribution in [3.05, 3.63) is 11.6 Å². The summed E-state index contributed by atoms with van der Waals surface area (Å²) < 4.78 is 17.3. The molecule has 0 radical (unpaired) electrons. The van der Waals surface area contributed by atoms with Crippen LogP contribution in [0.1, 0.15) is 78.6 Å². The van der Waals surface area contributed by atoms with Crippen molar-refractivity contribution >= 4 is 5.97 Å². The summed E-state index contributed by atoms with van der Waals surface area (Å²) in [5.41, 5.74) is -0.920. The van der Waals surface area contributed by atoms with E-state index in [-0.39, 0.29) is 28.6 Å². The highest BCUT2D eigenvalue weighted by Gasteiger charge is 2.68. The third-order valence-corrected chi connectivity index (χ3v) is 12.4. The molecule has 0 aromatic carbocycles. The third kappa shape index (κ3) is 3.91. The maximum atomic E-state index is 12.4.